The van der Waals surface area contributed by atoms with Gasteiger partial charge in [0.05, 0.1) is 0 Å². The molecular weight excluding hydrogens is 568 g/mol. The molecule has 4 rings (SSSR count). The maximum atomic E-state index is 13.2. The number of carbonyl (C=O) groups excluding carboxylic acids is 3. The molecule has 0 saturated heterocycles. The van der Waals surface area contributed by atoms with Crippen LogP contribution in [0.1, 0.15) is 34.0 Å². The maximum absolute atomic E-state index is 13.2. The lowest BCUT2D eigenvalue weighted by atomic mass is 10.1. The van der Waals surface area contributed by atoms with E-state index in [9.17, 15) is 22.8 Å². The number of amides is 2. The number of esters is 1. The van der Waals surface area contributed by atoms with Gasteiger partial charge in [0.15, 0.2) is 0 Å². The molecule has 9 nitrogen and oxygen atoms in total. The van der Waals surface area contributed by atoms with E-state index in [2.05, 4.69) is 10.6 Å². The largest absolute Gasteiger partial charge is 0.459 e. The van der Waals surface area contributed by atoms with Crippen LogP contribution in [0.4, 0.5) is 0 Å². The average molecular weight is 599 g/mol. The van der Waals surface area contributed by atoms with E-state index >= 15 is 0 Å². The lowest BCUT2D eigenvalue weighted by Gasteiger charge is -2.16. The van der Waals surface area contributed by atoms with Gasteiger partial charge in [0.25, 0.3) is 11.8 Å². The molecule has 4 aromatic carbocycles. The summed E-state index contributed by atoms with van der Waals surface area (Å²) in [4.78, 5) is 38.7. The molecule has 1 atom stereocenters. The quantitative estimate of drug-likeness (QED) is 0.144. The van der Waals surface area contributed by atoms with Crippen LogP contribution in [-0.2, 0) is 31.1 Å². The Morgan fingerprint density at radius 2 is 1.42 bits per heavy atom. The predicted molar refractivity (Wildman–Crippen MR) is 161 cm³/mol. The number of rotatable bonds is 11. The zero-order chi connectivity index (χ0) is 30.8. The molecule has 1 unspecified atom stereocenters. The summed E-state index contributed by atoms with van der Waals surface area (Å²) in [5, 5.41) is 5.15. The highest BCUT2D eigenvalue weighted by atomic mass is 32.2. The second kappa shape index (κ2) is 14.1. The number of nitrogens with one attached hydrogen (secondary N) is 2. The van der Waals surface area contributed by atoms with Crippen molar-refractivity contribution in [2.75, 3.05) is 0 Å². The minimum atomic E-state index is -4.05. The van der Waals surface area contributed by atoms with Crippen LogP contribution >= 0.6 is 0 Å². The van der Waals surface area contributed by atoms with E-state index in [1.54, 1.807) is 42.5 Å². The topological polar surface area (TPSA) is 128 Å². The van der Waals surface area contributed by atoms with Crippen LogP contribution in [0.2, 0.25) is 0 Å². The van der Waals surface area contributed by atoms with E-state index in [0.717, 1.165) is 11.1 Å². The fraction of sp³-hybridized carbons (Fsp3) is 0.121. The fourth-order valence-corrected chi connectivity index (χ4v) is 4.73. The zero-order valence-corrected chi connectivity index (χ0v) is 24.3. The van der Waals surface area contributed by atoms with Gasteiger partial charge in [-0.2, -0.15) is 8.42 Å². The van der Waals surface area contributed by atoms with E-state index in [-0.39, 0.29) is 22.9 Å². The van der Waals surface area contributed by atoms with Crippen molar-refractivity contribution in [3.05, 3.63) is 137 Å². The first-order chi connectivity index (χ1) is 20.6. The third kappa shape index (κ3) is 8.88. The van der Waals surface area contributed by atoms with E-state index in [1.165, 1.54) is 49.4 Å². The Bertz CT molecular complexity index is 1700. The summed E-state index contributed by atoms with van der Waals surface area (Å²) in [6.45, 7) is 3.36. The summed E-state index contributed by atoms with van der Waals surface area (Å²) in [6, 6.07) is 28.6. The monoisotopic (exact) mass is 598 g/mol. The minimum Gasteiger partial charge on any atom is -0.459 e. The second-order valence-electron chi connectivity index (χ2n) is 9.59. The summed E-state index contributed by atoms with van der Waals surface area (Å²) >= 11 is 0. The number of ether oxygens (including phenoxy) is 1. The lowest BCUT2D eigenvalue weighted by molar-refractivity contribution is -0.148. The molecule has 43 heavy (non-hydrogen) atoms. The molecule has 0 aliphatic rings. The van der Waals surface area contributed by atoms with Crippen molar-refractivity contribution >= 4 is 34.0 Å². The van der Waals surface area contributed by atoms with Gasteiger partial charge in [-0.25, -0.2) is 4.79 Å². The molecule has 0 saturated carbocycles. The number of benzene rings is 4. The number of aryl methyl sites for hydroxylation is 1. The van der Waals surface area contributed by atoms with Gasteiger partial charge in [0, 0.05) is 5.56 Å². The average Bonchev–Trinajstić information content (AvgIpc) is 3.01. The summed E-state index contributed by atoms with van der Waals surface area (Å²) in [6.07, 6.45) is 1.40. The van der Waals surface area contributed by atoms with Crippen molar-refractivity contribution in [1.29, 1.82) is 0 Å². The normalized spacial score (nSPS) is 12.1. The molecule has 220 valence electrons. The molecule has 0 spiro atoms. The molecule has 0 aliphatic heterocycles. The van der Waals surface area contributed by atoms with Gasteiger partial charge < -0.3 is 19.6 Å². The minimum absolute atomic E-state index is 0.0149. The van der Waals surface area contributed by atoms with E-state index in [1.807, 2.05) is 37.3 Å². The van der Waals surface area contributed by atoms with Crippen LogP contribution in [0.25, 0.3) is 6.08 Å². The molecule has 0 bridgehead atoms. The molecule has 10 heteroatoms. The second-order valence-corrected chi connectivity index (χ2v) is 11.1. The molecular formula is C33H30N2O7S. The first-order valence-corrected chi connectivity index (χ1v) is 14.7. The summed E-state index contributed by atoms with van der Waals surface area (Å²) in [5.41, 5.74) is 2.34. The van der Waals surface area contributed by atoms with Crippen molar-refractivity contribution in [1.82, 2.24) is 10.6 Å². The van der Waals surface area contributed by atoms with Crippen LogP contribution in [0.5, 0.6) is 5.75 Å². The Balaban J connectivity index is 1.49. The van der Waals surface area contributed by atoms with E-state index in [0.29, 0.717) is 11.1 Å². The van der Waals surface area contributed by atoms with Crippen LogP contribution in [-0.4, -0.2) is 32.2 Å². The highest BCUT2D eigenvalue weighted by Gasteiger charge is 2.22. The van der Waals surface area contributed by atoms with Gasteiger partial charge in [-0.15, -0.1) is 0 Å². The van der Waals surface area contributed by atoms with Crippen LogP contribution in [0.3, 0.4) is 0 Å². The lowest BCUT2D eigenvalue weighted by Crippen LogP contribution is -2.43. The summed E-state index contributed by atoms with van der Waals surface area (Å²) in [7, 11) is -4.05. The van der Waals surface area contributed by atoms with Crippen molar-refractivity contribution in [3.8, 4) is 5.75 Å². The summed E-state index contributed by atoms with van der Waals surface area (Å²) < 4.78 is 35.8. The number of hydrogen-bond donors (Lipinski definition) is 2. The van der Waals surface area contributed by atoms with Crippen molar-refractivity contribution in [2.24, 2.45) is 0 Å². The Morgan fingerprint density at radius 3 is 2.05 bits per heavy atom. The third-order valence-electron chi connectivity index (χ3n) is 6.16. The fourth-order valence-electron chi connectivity index (χ4n) is 3.80. The van der Waals surface area contributed by atoms with Gasteiger partial charge in [-0.05, 0) is 67.4 Å². The van der Waals surface area contributed by atoms with E-state index < -0.39 is 33.9 Å². The van der Waals surface area contributed by atoms with Crippen molar-refractivity contribution in [3.63, 3.8) is 0 Å². The maximum Gasteiger partial charge on any atom is 0.339 e. The summed E-state index contributed by atoms with van der Waals surface area (Å²) in [5.74, 6) is -1.85. The molecule has 0 heterocycles. The van der Waals surface area contributed by atoms with Gasteiger partial charge in [-0.3, -0.25) is 9.59 Å². The Kier molecular flexibility index (Phi) is 10.1. The number of hydrogen-bond acceptors (Lipinski definition) is 7. The van der Waals surface area contributed by atoms with Crippen molar-refractivity contribution < 1.29 is 31.7 Å². The standard InChI is InChI=1S/C33H30N2O7S/c1-23-13-19-29(20-14-23)43(39,40)42-28-17-15-25(16-18-28)21-30(35-31(36)27-11-7-4-8-12-27)32(37)34-24(2)33(38)41-22-26-9-5-3-6-10-26/h3-21,24H,22H2,1-2H3,(H,34,37)(H,35,36). The highest BCUT2D eigenvalue weighted by molar-refractivity contribution is 7.87. The van der Waals surface area contributed by atoms with Gasteiger partial charge in [0.1, 0.15) is 29.0 Å². The number of carbonyl (C=O) groups is 3. The van der Waals surface area contributed by atoms with Crippen LogP contribution in [0.15, 0.2) is 120 Å². The first-order valence-electron chi connectivity index (χ1n) is 13.3. The Morgan fingerprint density at radius 1 is 0.814 bits per heavy atom. The molecule has 0 fully saturated rings. The molecule has 2 amide bonds. The van der Waals surface area contributed by atoms with Gasteiger partial charge in [0.2, 0.25) is 0 Å². The van der Waals surface area contributed by atoms with Crippen LogP contribution < -0.4 is 14.8 Å². The molecule has 4 aromatic rings. The van der Waals surface area contributed by atoms with Gasteiger partial charge in [-0.1, -0.05) is 78.4 Å². The zero-order valence-electron chi connectivity index (χ0n) is 23.5. The predicted octanol–water partition coefficient (Wildman–Crippen LogP) is 4.78. The van der Waals surface area contributed by atoms with Crippen LogP contribution in [0, 0.1) is 6.92 Å². The molecule has 0 aromatic heterocycles. The Labute approximate surface area is 250 Å². The molecule has 0 aliphatic carbocycles. The highest BCUT2D eigenvalue weighted by Crippen LogP contribution is 2.20. The molecule has 2 N–H and O–H groups in total. The third-order valence-corrected chi connectivity index (χ3v) is 7.42. The van der Waals surface area contributed by atoms with Gasteiger partial charge >= 0.3 is 16.1 Å². The van der Waals surface area contributed by atoms with E-state index in [4.69, 9.17) is 8.92 Å². The Hall–Kier alpha value is -5.22. The molecule has 0 radical (unpaired) electrons. The smallest absolute Gasteiger partial charge is 0.339 e. The van der Waals surface area contributed by atoms with Crippen molar-refractivity contribution in [2.45, 2.75) is 31.4 Å². The first kappa shape index (κ1) is 30.7. The SMILES string of the molecule is Cc1ccc(S(=O)(=O)Oc2ccc(C=C(NC(=O)c3ccccc3)C(=O)NC(C)C(=O)OCc3ccccc3)cc2)cc1.